The molecule has 0 spiro atoms. The maximum atomic E-state index is 12.3. The number of amides is 2. The molecule has 1 aromatic rings. The fourth-order valence-corrected chi connectivity index (χ4v) is 3.40. The normalized spacial score (nSPS) is 20.7. The molecule has 2 fully saturated rings. The van der Waals surface area contributed by atoms with Gasteiger partial charge >= 0.3 is 6.03 Å². The van der Waals surface area contributed by atoms with E-state index in [9.17, 15) is 4.79 Å². The molecule has 1 aliphatic heterocycles. The van der Waals surface area contributed by atoms with Crippen LogP contribution in [0.25, 0.3) is 0 Å². The van der Waals surface area contributed by atoms with Crippen LogP contribution >= 0.6 is 0 Å². The zero-order chi connectivity index (χ0) is 14.7. The zero-order valence-corrected chi connectivity index (χ0v) is 12.8. The number of carbonyl (C=O) groups excluding carboxylic acids is 1. The van der Waals surface area contributed by atoms with Crippen molar-refractivity contribution in [3.05, 3.63) is 29.8 Å². The summed E-state index contributed by atoms with van der Waals surface area (Å²) in [4.78, 5) is 16.8. The number of hydrogen-bond donors (Lipinski definition) is 1. The van der Waals surface area contributed by atoms with E-state index in [2.05, 4.69) is 10.2 Å². The minimum absolute atomic E-state index is 0.0323. The van der Waals surface area contributed by atoms with Crippen LogP contribution in [0.1, 0.15) is 31.2 Å². The number of nitrogens with zero attached hydrogens (tertiary/aromatic N) is 2. The number of nitrogens with one attached hydrogen (secondary N) is 1. The summed E-state index contributed by atoms with van der Waals surface area (Å²) < 4.78 is 0. The van der Waals surface area contributed by atoms with E-state index in [0.717, 1.165) is 37.9 Å². The SMILES string of the molecule is Cc1ccc(NC(=O)N2CCN(C3CCCC3)CC2)cc1. The van der Waals surface area contributed by atoms with Gasteiger partial charge < -0.3 is 10.2 Å². The Kier molecular flexibility index (Phi) is 4.44. The van der Waals surface area contributed by atoms with Crippen molar-refractivity contribution in [3.63, 3.8) is 0 Å². The van der Waals surface area contributed by atoms with Crippen LogP contribution in [0.4, 0.5) is 10.5 Å². The second kappa shape index (κ2) is 6.48. The smallest absolute Gasteiger partial charge is 0.321 e. The first-order valence-electron chi connectivity index (χ1n) is 8.09. The molecule has 0 aromatic heterocycles. The number of hydrogen-bond acceptors (Lipinski definition) is 2. The van der Waals surface area contributed by atoms with E-state index in [0.29, 0.717) is 0 Å². The van der Waals surface area contributed by atoms with Crippen LogP contribution in [0.5, 0.6) is 0 Å². The number of anilines is 1. The van der Waals surface area contributed by atoms with Crippen molar-refractivity contribution in [2.45, 2.75) is 38.6 Å². The van der Waals surface area contributed by atoms with Crippen molar-refractivity contribution in [3.8, 4) is 0 Å². The van der Waals surface area contributed by atoms with Crippen LogP contribution in [-0.2, 0) is 0 Å². The van der Waals surface area contributed by atoms with E-state index in [1.165, 1.54) is 31.2 Å². The van der Waals surface area contributed by atoms with E-state index in [-0.39, 0.29) is 6.03 Å². The zero-order valence-electron chi connectivity index (χ0n) is 12.8. The summed E-state index contributed by atoms with van der Waals surface area (Å²) in [6.07, 6.45) is 5.43. The average molecular weight is 287 g/mol. The fourth-order valence-electron chi connectivity index (χ4n) is 3.40. The van der Waals surface area contributed by atoms with E-state index in [1.807, 2.05) is 36.1 Å². The Labute approximate surface area is 127 Å². The molecule has 0 bridgehead atoms. The second-order valence-corrected chi connectivity index (χ2v) is 6.26. The summed E-state index contributed by atoms with van der Waals surface area (Å²) in [5.74, 6) is 0. The monoisotopic (exact) mass is 287 g/mol. The minimum Gasteiger partial charge on any atom is -0.322 e. The molecular weight excluding hydrogens is 262 g/mol. The highest BCUT2D eigenvalue weighted by atomic mass is 16.2. The van der Waals surface area contributed by atoms with Gasteiger partial charge in [-0.2, -0.15) is 0 Å². The van der Waals surface area contributed by atoms with E-state index in [4.69, 9.17) is 0 Å². The van der Waals surface area contributed by atoms with Crippen molar-refractivity contribution in [2.75, 3.05) is 31.5 Å². The molecule has 1 aromatic carbocycles. The first-order chi connectivity index (χ1) is 10.2. The molecular formula is C17H25N3O. The molecule has 0 radical (unpaired) electrons. The molecule has 0 unspecified atom stereocenters. The fraction of sp³-hybridized carbons (Fsp3) is 0.588. The van der Waals surface area contributed by atoms with Crippen molar-refractivity contribution in [1.29, 1.82) is 0 Å². The number of piperazine rings is 1. The maximum Gasteiger partial charge on any atom is 0.321 e. The van der Waals surface area contributed by atoms with E-state index < -0.39 is 0 Å². The molecule has 1 N–H and O–H groups in total. The predicted molar refractivity (Wildman–Crippen MR) is 85.6 cm³/mol. The molecule has 2 amide bonds. The number of benzene rings is 1. The maximum absolute atomic E-state index is 12.3. The van der Waals surface area contributed by atoms with Gasteiger partial charge in [0.05, 0.1) is 0 Å². The van der Waals surface area contributed by atoms with Crippen LogP contribution in [0, 0.1) is 6.92 Å². The summed E-state index contributed by atoms with van der Waals surface area (Å²) in [7, 11) is 0. The predicted octanol–water partition coefficient (Wildman–Crippen LogP) is 3.09. The lowest BCUT2D eigenvalue weighted by atomic mass is 10.2. The van der Waals surface area contributed by atoms with Crippen LogP contribution in [0.3, 0.4) is 0 Å². The summed E-state index contributed by atoms with van der Waals surface area (Å²) in [5.41, 5.74) is 2.09. The summed E-state index contributed by atoms with van der Waals surface area (Å²) in [6.45, 7) is 5.77. The van der Waals surface area contributed by atoms with Gasteiger partial charge in [-0.05, 0) is 31.9 Å². The number of rotatable bonds is 2. The lowest BCUT2D eigenvalue weighted by Crippen LogP contribution is -2.52. The van der Waals surface area contributed by atoms with E-state index in [1.54, 1.807) is 0 Å². The third-order valence-corrected chi connectivity index (χ3v) is 4.75. The third-order valence-electron chi connectivity index (χ3n) is 4.75. The van der Waals surface area contributed by atoms with Crippen molar-refractivity contribution < 1.29 is 4.79 Å². The van der Waals surface area contributed by atoms with Crippen molar-refractivity contribution >= 4 is 11.7 Å². The van der Waals surface area contributed by atoms with Gasteiger partial charge in [-0.15, -0.1) is 0 Å². The largest absolute Gasteiger partial charge is 0.322 e. The minimum atomic E-state index is 0.0323. The lowest BCUT2D eigenvalue weighted by molar-refractivity contribution is 0.115. The molecule has 3 rings (SSSR count). The molecule has 114 valence electrons. The molecule has 2 aliphatic rings. The van der Waals surface area contributed by atoms with Gasteiger partial charge in [-0.1, -0.05) is 30.5 Å². The Balaban J connectivity index is 1.49. The third kappa shape index (κ3) is 3.56. The topological polar surface area (TPSA) is 35.6 Å². The van der Waals surface area contributed by atoms with Crippen LogP contribution < -0.4 is 5.32 Å². The molecule has 4 nitrogen and oxygen atoms in total. The molecule has 1 aliphatic carbocycles. The quantitative estimate of drug-likeness (QED) is 0.907. The van der Waals surface area contributed by atoms with Gasteiger partial charge in [-0.25, -0.2) is 4.79 Å². The molecule has 4 heteroatoms. The Morgan fingerprint density at radius 1 is 1.05 bits per heavy atom. The van der Waals surface area contributed by atoms with Gasteiger partial charge in [-0.3, -0.25) is 4.90 Å². The number of carbonyl (C=O) groups is 1. The van der Waals surface area contributed by atoms with Gasteiger partial charge in [0.2, 0.25) is 0 Å². The van der Waals surface area contributed by atoms with E-state index >= 15 is 0 Å². The van der Waals surface area contributed by atoms with Crippen molar-refractivity contribution in [2.24, 2.45) is 0 Å². The summed E-state index contributed by atoms with van der Waals surface area (Å²) >= 11 is 0. The highest BCUT2D eigenvalue weighted by Crippen LogP contribution is 2.24. The van der Waals surface area contributed by atoms with Crippen LogP contribution in [0.2, 0.25) is 0 Å². The molecule has 0 atom stereocenters. The van der Waals surface area contributed by atoms with Gasteiger partial charge in [0.25, 0.3) is 0 Å². The van der Waals surface area contributed by atoms with Crippen LogP contribution in [-0.4, -0.2) is 48.1 Å². The molecule has 1 heterocycles. The molecule has 1 saturated carbocycles. The Morgan fingerprint density at radius 3 is 2.29 bits per heavy atom. The Hall–Kier alpha value is -1.55. The Morgan fingerprint density at radius 2 is 1.67 bits per heavy atom. The summed E-state index contributed by atoms with van der Waals surface area (Å²) in [5, 5.41) is 2.99. The lowest BCUT2D eigenvalue weighted by Gasteiger charge is -2.38. The number of urea groups is 1. The summed E-state index contributed by atoms with van der Waals surface area (Å²) in [6, 6.07) is 8.77. The number of aryl methyl sites for hydroxylation is 1. The van der Waals surface area contributed by atoms with Crippen molar-refractivity contribution in [1.82, 2.24) is 9.80 Å². The van der Waals surface area contributed by atoms with Crippen LogP contribution in [0.15, 0.2) is 24.3 Å². The first-order valence-corrected chi connectivity index (χ1v) is 8.09. The highest BCUT2D eigenvalue weighted by molar-refractivity contribution is 5.89. The van der Waals surface area contributed by atoms with Gasteiger partial charge in [0, 0.05) is 37.9 Å². The standard InChI is InChI=1S/C17H25N3O/c1-14-6-8-15(9-7-14)18-17(21)20-12-10-19(11-13-20)16-4-2-3-5-16/h6-9,16H,2-5,10-13H2,1H3,(H,18,21). The second-order valence-electron chi connectivity index (χ2n) is 6.26. The van der Waals surface area contributed by atoms with Gasteiger partial charge in [0.15, 0.2) is 0 Å². The van der Waals surface area contributed by atoms with Gasteiger partial charge in [0.1, 0.15) is 0 Å². The molecule has 21 heavy (non-hydrogen) atoms. The Bertz CT molecular complexity index is 471. The average Bonchev–Trinajstić information content (AvgIpc) is 3.04. The first kappa shape index (κ1) is 14.4. The molecule has 1 saturated heterocycles. The highest BCUT2D eigenvalue weighted by Gasteiger charge is 2.27.